The number of rotatable bonds is 3. The van der Waals surface area contributed by atoms with Crippen molar-refractivity contribution in [3.63, 3.8) is 0 Å². The molecule has 0 saturated carbocycles. The molecule has 130 valence electrons. The van der Waals surface area contributed by atoms with Crippen LogP contribution in [0.3, 0.4) is 0 Å². The number of carbonyl (C=O) groups is 1. The SMILES string of the molecule is COc1c2cc(C(=O)N3CCOCC3)sc2c(OC)c2nccnc12. The van der Waals surface area contributed by atoms with Crippen LogP contribution in [0.15, 0.2) is 18.5 Å². The minimum absolute atomic E-state index is 0.00131. The van der Waals surface area contributed by atoms with Gasteiger partial charge in [0.2, 0.25) is 0 Å². The lowest BCUT2D eigenvalue weighted by Gasteiger charge is -2.26. The van der Waals surface area contributed by atoms with Gasteiger partial charge in [-0.3, -0.25) is 4.79 Å². The number of amides is 1. The van der Waals surface area contributed by atoms with E-state index < -0.39 is 0 Å². The van der Waals surface area contributed by atoms with Crippen molar-refractivity contribution in [3.05, 3.63) is 23.3 Å². The summed E-state index contributed by atoms with van der Waals surface area (Å²) in [6.07, 6.45) is 3.23. The summed E-state index contributed by atoms with van der Waals surface area (Å²) in [6, 6.07) is 1.85. The highest BCUT2D eigenvalue weighted by Gasteiger charge is 2.25. The van der Waals surface area contributed by atoms with Crippen LogP contribution in [0.2, 0.25) is 0 Å². The fraction of sp³-hybridized carbons (Fsp3) is 0.353. The Bertz CT molecular complexity index is 889. The molecule has 0 atom stereocenters. The quantitative estimate of drug-likeness (QED) is 0.715. The third kappa shape index (κ3) is 2.58. The number of fused-ring (bicyclic) bond motifs is 2. The van der Waals surface area contributed by atoms with Crippen LogP contribution in [0.4, 0.5) is 0 Å². The summed E-state index contributed by atoms with van der Waals surface area (Å²) in [5, 5.41) is 0.814. The molecular formula is C17H17N3O4S. The Labute approximate surface area is 148 Å². The predicted octanol–water partition coefficient (Wildman–Crippen LogP) is 2.33. The molecule has 1 fully saturated rings. The van der Waals surface area contributed by atoms with Crippen molar-refractivity contribution >= 4 is 38.4 Å². The predicted molar refractivity (Wildman–Crippen MR) is 94.7 cm³/mol. The van der Waals surface area contributed by atoms with Crippen molar-refractivity contribution in [1.82, 2.24) is 14.9 Å². The van der Waals surface area contributed by atoms with Gasteiger partial charge in [-0.1, -0.05) is 0 Å². The van der Waals surface area contributed by atoms with Gasteiger partial charge in [0.1, 0.15) is 11.0 Å². The molecule has 1 aliphatic rings. The maximum absolute atomic E-state index is 12.8. The second-order valence-electron chi connectivity index (χ2n) is 5.58. The molecule has 1 aromatic carbocycles. The van der Waals surface area contributed by atoms with Crippen molar-refractivity contribution in [2.75, 3.05) is 40.5 Å². The third-order valence-corrected chi connectivity index (χ3v) is 5.35. The van der Waals surface area contributed by atoms with E-state index in [4.69, 9.17) is 14.2 Å². The summed E-state index contributed by atoms with van der Waals surface area (Å²) >= 11 is 1.39. The van der Waals surface area contributed by atoms with E-state index in [-0.39, 0.29) is 5.91 Å². The lowest BCUT2D eigenvalue weighted by molar-refractivity contribution is 0.0306. The summed E-state index contributed by atoms with van der Waals surface area (Å²) < 4.78 is 17.3. The normalized spacial score (nSPS) is 14.9. The molecule has 2 aromatic heterocycles. The molecule has 0 unspecified atom stereocenters. The van der Waals surface area contributed by atoms with Gasteiger partial charge in [0.05, 0.1) is 37.0 Å². The van der Waals surface area contributed by atoms with Gasteiger partial charge in [-0.05, 0) is 6.07 Å². The molecular weight excluding hydrogens is 342 g/mol. The molecule has 1 aliphatic heterocycles. The monoisotopic (exact) mass is 359 g/mol. The Balaban J connectivity index is 1.92. The van der Waals surface area contributed by atoms with Gasteiger partial charge in [0.25, 0.3) is 5.91 Å². The smallest absolute Gasteiger partial charge is 0.264 e. The first-order chi connectivity index (χ1) is 12.2. The molecule has 1 amide bonds. The van der Waals surface area contributed by atoms with Crippen LogP contribution in [0.25, 0.3) is 21.1 Å². The standard InChI is InChI=1S/C17H17N3O4S/c1-22-14-10-9-11(17(21)20-5-7-24-8-6-20)25-16(10)15(23-2)13-12(14)18-3-4-19-13/h3-4,9H,5-8H2,1-2H3. The first kappa shape index (κ1) is 16.0. The average Bonchev–Trinajstić information content (AvgIpc) is 3.10. The van der Waals surface area contributed by atoms with E-state index in [0.717, 1.165) is 10.1 Å². The lowest BCUT2D eigenvalue weighted by atomic mass is 10.1. The number of methoxy groups -OCH3 is 2. The van der Waals surface area contributed by atoms with Crippen molar-refractivity contribution in [1.29, 1.82) is 0 Å². The maximum Gasteiger partial charge on any atom is 0.264 e. The van der Waals surface area contributed by atoms with E-state index in [1.807, 2.05) is 11.0 Å². The van der Waals surface area contributed by atoms with Crippen LogP contribution in [0, 0.1) is 0 Å². The van der Waals surface area contributed by atoms with Crippen molar-refractivity contribution in [2.24, 2.45) is 0 Å². The first-order valence-electron chi connectivity index (χ1n) is 7.89. The van der Waals surface area contributed by atoms with Crippen LogP contribution in [0.5, 0.6) is 11.5 Å². The molecule has 3 aromatic rings. The highest BCUT2D eigenvalue weighted by Crippen LogP contribution is 2.45. The lowest BCUT2D eigenvalue weighted by Crippen LogP contribution is -2.40. The summed E-state index contributed by atoms with van der Waals surface area (Å²) in [5.74, 6) is 1.22. The van der Waals surface area contributed by atoms with Gasteiger partial charge in [-0.15, -0.1) is 11.3 Å². The first-order valence-corrected chi connectivity index (χ1v) is 8.71. The van der Waals surface area contributed by atoms with Crippen LogP contribution in [-0.2, 0) is 4.74 Å². The Kier molecular flexibility index (Phi) is 4.14. The minimum Gasteiger partial charge on any atom is -0.494 e. The van der Waals surface area contributed by atoms with E-state index in [0.29, 0.717) is 53.7 Å². The van der Waals surface area contributed by atoms with Gasteiger partial charge >= 0.3 is 0 Å². The van der Waals surface area contributed by atoms with E-state index in [2.05, 4.69) is 9.97 Å². The second-order valence-corrected chi connectivity index (χ2v) is 6.63. The molecule has 0 N–H and O–H groups in total. The van der Waals surface area contributed by atoms with E-state index in [1.54, 1.807) is 26.6 Å². The number of aromatic nitrogens is 2. The van der Waals surface area contributed by atoms with Crippen molar-refractivity contribution in [2.45, 2.75) is 0 Å². The Morgan fingerprint density at radius 3 is 2.40 bits per heavy atom. The summed E-state index contributed by atoms with van der Waals surface area (Å²) in [6.45, 7) is 2.35. The highest BCUT2D eigenvalue weighted by molar-refractivity contribution is 7.21. The Hall–Kier alpha value is -2.45. The molecule has 1 saturated heterocycles. The van der Waals surface area contributed by atoms with Crippen LogP contribution >= 0.6 is 11.3 Å². The minimum atomic E-state index is -0.00131. The van der Waals surface area contributed by atoms with E-state index >= 15 is 0 Å². The van der Waals surface area contributed by atoms with Crippen molar-refractivity contribution in [3.8, 4) is 11.5 Å². The zero-order valence-electron chi connectivity index (χ0n) is 13.9. The number of nitrogens with zero attached hydrogens (tertiary/aromatic N) is 3. The molecule has 8 heteroatoms. The van der Waals surface area contributed by atoms with Gasteiger partial charge in [-0.2, -0.15) is 0 Å². The van der Waals surface area contributed by atoms with Crippen molar-refractivity contribution < 1.29 is 19.0 Å². The molecule has 0 bridgehead atoms. The maximum atomic E-state index is 12.8. The molecule has 3 heterocycles. The van der Waals surface area contributed by atoms with Crippen LogP contribution in [-0.4, -0.2) is 61.3 Å². The van der Waals surface area contributed by atoms with Gasteiger partial charge in [0.15, 0.2) is 11.5 Å². The molecule has 7 nitrogen and oxygen atoms in total. The Morgan fingerprint density at radius 2 is 1.76 bits per heavy atom. The third-order valence-electron chi connectivity index (χ3n) is 4.23. The van der Waals surface area contributed by atoms with Crippen LogP contribution in [0.1, 0.15) is 9.67 Å². The molecule has 25 heavy (non-hydrogen) atoms. The Morgan fingerprint density at radius 1 is 1.12 bits per heavy atom. The molecule has 0 aliphatic carbocycles. The molecule has 4 rings (SSSR count). The molecule has 0 spiro atoms. The number of hydrogen-bond donors (Lipinski definition) is 0. The number of ether oxygens (including phenoxy) is 3. The van der Waals surface area contributed by atoms with Gasteiger partial charge in [0, 0.05) is 30.9 Å². The zero-order valence-corrected chi connectivity index (χ0v) is 14.8. The number of carbonyl (C=O) groups excluding carboxylic acids is 1. The van der Waals surface area contributed by atoms with E-state index in [9.17, 15) is 4.79 Å². The summed E-state index contributed by atoms with van der Waals surface area (Å²) in [5.41, 5.74) is 1.25. The molecule has 0 radical (unpaired) electrons. The van der Waals surface area contributed by atoms with Gasteiger partial charge < -0.3 is 19.1 Å². The fourth-order valence-electron chi connectivity index (χ4n) is 3.06. The number of benzene rings is 1. The zero-order chi connectivity index (χ0) is 17.4. The van der Waals surface area contributed by atoms with E-state index in [1.165, 1.54) is 11.3 Å². The summed E-state index contributed by atoms with van der Waals surface area (Å²) in [4.78, 5) is 24.0. The average molecular weight is 359 g/mol. The second kappa shape index (κ2) is 6.45. The van der Waals surface area contributed by atoms with Gasteiger partial charge in [-0.25, -0.2) is 9.97 Å². The summed E-state index contributed by atoms with van der Waals surface area (Å²) in [7, 11) is 3.19. The number of thiophene rings is 1. The largest absolute Gasteiger partial charge is 0.494 e. The highest BCUT2D eigenvalue weighted by atomic mass is 32.1. The number of hydrogen-bond acceptors (Lipinski definition) is 7. The fourth-order valence-corrected chi connectivity index (χ4v) is 4.20. The topological polar surface area (TPSA) is 73.8 Å². The number of morpholine rings is 1. The van der Waals surface area contributed by atoms with Crippen LogP contribution < -0.4 is 9.47 Å².